The fraction of sp³-hybridized carbons (Fsp3) is 1.00. The van der Waals surface area contributed by atoms with Crippen LogP contribution in [0.25, 0.3) is 0 Å². The minimum Gasteiger partial charge on any atom is -0.330 e. The minimum absolute atomic E-state index is 0.226. The van der Waals surface area contributed by atoms with Crippen LogP contribution in [-0.2, 0) is 10.0 Å². The van der Waals surface area contributed by atoms with Crippen molar-refractivity contribution in [1.29, 1.82) is 0 Å². The van der Waals surface area contributed by atoms with Crippen molar-refractivity contribution in [3.05, 3.63) is 0 Å². The summed E-state index contributed by atoms with van der Waals surface area (Å²) in [5, 5.41) is 0. The summed E-state index contributed by atoms with van der Waals surface area (Å²) in [6, 6.07) is 0. The number of nitrogens with zero attached hydrogens (tertiary/aromatic N) is 2. The van der Waals surface area contributed by atoms with E-state index >= 15 is 0 Å². The van der Waals surface area contributed by atoms with E-state index in [2.05, 4.69) is 18.7 Å². The van der Waals surface area contributed by atoms with Crippen molar-refractivity contribution in [1.82, 2.24) is 9.21 Å². The third-order valence-corrected chi connectivity index (χ3v) is 5.41. The zero-order valence-electron chi connectivity index (χ0n) is 12.8. The predicted octanol–water partition coefficient (Wildman–Crippen LogP) is 1.11. The summed E-state index contributed by atoms with van der Waals surface area (Å²) in [6.07, 6.45) is 2.33. The molecule has 0 rings (SSSR count). The van der Waals surface area contributed by atoms with Crippen LogP contribution in [0.4, 0.5) is 0 Å². The van der Waals surface area contributed by atoms with E-state index in [1.54, 1.807) is 4.31 Å². The quantitative estimate of drug-likeness (QED) is 0.547. The molecular formula is C13H31N3O2S. The smallest absolute Gasteiger partial charge is 0.214 e. The molecule has 0 heterocycles. The molecule has 0 bridgehead atoms. The van der Waals surface area contributed by atoms with Crippen LogP contribution in [0.15, 0.2) is 0 Å². The van der Waals surface area contributed by atoms with Crippen LogP contribution < -0.4 is 5.73 Å². The first kappa shape index (κ1) is 18.8. The number of hydrogen-bond acceptors (Lipinski definition) is 4. The Morgan fingerprint density at radius 2 is 1.53 bits per heavy atom. The fourth-order valence-electron chi connectivity index (χ4n) is 2.06. The highest BCUT2D eigenvalue weighted by atomic mass is 32.2. The van der Waals surface area contributed by atoms with Gasteiger partial charge in [0.1, 0.15) is 0 Å². The molecule has 5 nitrogen and oxygen atoms in total. The Labute approximate surface area is 119 Å². The topological polar surface area (TPSA) is 66.6 Å². The zero-order chi connectivity index (χ0) is 14.7. The summed E-state index contributed by atoms with van der Waals surface area (Å²) in [4.78, 5) is 2.31. The van der Waals surface area contributed by atoms with Crippen LogP contribution in [-0.4, -0.2) is 62.6 Å². The first-order chi connectivity index (χ1) is 9.01. The first-order valence-corrected chi connectivity index (χ1v) is 9.02. The number of hydrogen-bond donors (Lipinski definition) is 1. The van der Waals surface area contributed by atoms with Gasteiger partial charge in [-0.2, -0.15) is 0 Å². The van der Waals surface area contributed by atoms with E-state index in [0.717, 1.165) is 32.5 Å². The summed E-state index contributed by atoms with van der Waals surface area (Å²) in [5.74, 6) is 0.226. The molecule has 0 aliphatic carbocycles. The molecule has 116 valence electrons. The van der Waals surface area contributed by atoms with E-state index in [-0.39, 0.29) is 5.75 Å². The lowest BCUT2D eigenvalue weighted by atomic mass is 10.3. The van der Waals surface area contributed by atoms with E-state index < -0.39 is 10.0 Å². The first-order valence-electron chi connectivity index (χ1n) is 7.42. The summed E-state index contributed by atoms with van der Waals surface area (Å²) >= 11 is 0. The molecule has 0 aromatic carbocycles. The van der Waals surface area contributed by atoms with Crippen LogP contribution in [0.5, 0.6) is 0 Å². The molecule has 2 N–H and O–H groups in total. The Kier molecular flexibility index (Phi) is 10.5. The highest BCUT2D eigenvalue weighted by Gasteiger charge is 2.19. The molecule has 0 unspecified atom stereocenters. The maximum absolute atomic E-state index is 12.1. The number of rotatable bonds is 12. The van der Waals surface area contributed by atoms with Crippen LogP contribution in [0.2, 0.25) is 0 Å². The molecule has 0 atom stereocenters. The Morgan fingerprint density at radius 1 is 0.895 bits per heavy atom. The maximum Gasteiger partial charge on any atom is 0.214 e. The van der Waals surface area contributed by atoms with Gasteiger partial charge >= 0.3 is 0 Å². The SMILES string of the molecule is CCN(CC)CCCN(CC)S(=O)(=O)CCCCN. The van der Waals surface area contributed by atoms with Crippen molar-refractivity contribution in [3.63, 3.8) is 0 Å². The Balaban J connectivity index is 4.17. The Morgan fingerprint density at radius 3 is 2.00 bits per heavy atom. The molecule has 19 heavy (non-hydrogen) atoms. The van der Waals surface area contributed by atoms with Crippen molar-refractivity contribution < 1.29 is 8.42 Å². The second-order valence-corrected chi connectivity index (χ2v) is 6.77. The van der Waals surface area contributed by atoms with Crippen molar-refractivity contribution >= 4 is 10.0 Å². The van der Waals surface area contributed by atoms with Gasteiger partial charge in [0.15, 0.2) is 0 Å². The van der Waals surface area contributed by atoms with Gasteiger partial charge in [-0.1, -0.05) is 20.8 Å². The van der Waals surface area contributed by atoms with Crippen LogP contribution in [0.3, 0.4) is 0 Å². The van der Waals surface area contributed by atoms with Crippen LogP contribution in [0, 0.1) is 0 Å². The van der Waals surface area contributed by atoms with Gasteiger partial charge < -0.3 is 10.6 Å². The second kappa shape index (κ2) is 10.6. The molecule has 0 amide bonds. The average Bonchev–Trinajstić information content (AvgIpc) is 2.39. The third-order valence-electron chi connectivity index (χ3n) is 3.38. The lowest BCUT2D eigenvalue weighted by Gasteiger charge is -2.23. The molecular weight excluding hydrogens is 262 g/mol. The molecule has 0 fully saturated rings. The van der Waals surface area contributed by atoms with Gasteiger partial charge in [0.05, 0.1) is 5.75 Å². The van der Waals surface area contributed by atoms with Crippen molar-refractivity contribution in [2.75, 3.05) is 45.0 Å². The zero-order valence-corrected chi connectivity index (χ0v) is 13.6. The second-order valence-electron chi connectivity index (χ2n) is 4.68. The van der Waals surface area contributed by atoms with Gasteiger partial charge in [-0.3, -0.25) is 0 Å². The van der Waals surface area contributed by atoms with Gasteiger partial charge in [0.25, 0.3) is 0 Å². The normalized spacial score (nSPS) is 12.5. The molecule has 0 spiro atoms. The Hall–Kier alpha value is -0.170. The van der Waals surface area contributed by atoms with E-state index in [1.165, 1.54) is 0 Å². The molecule has 0 aromatic rings. The van der Waals surface area contributed by atoms with E-state index in [9.17, 15) is 8.42 Å². The van der Waals surface area contributed by atoms with Crippen LogP contribution in [0.1, 0.15) is 40.0 Å². The van der Waals surface area contributed by atoms with Crippen LogP contribution >= 0.6 is 0 Å². The maximum atomic E-state index is 12.1. The lowest BCUT2D eigenvalue weighted by molar-refractivity contribution is 0.285. The number of unbranched alkanes of at least 4 members (excludes halogenated alkanes) is 1. The molecule has 6 heteroatoms. The lowest BCUT2D eigenvalue weighted by Crippen LogP contribution is -2.35. The predicted molar refractivity (Wildman–Crippen MR) is 81.7 cm³/mol. The van der Waals surface area contributed by atoms with Gasteiger partial charge in [-0.15, -0.1) is 0 Å². The fourth-order valence-corrected chi connectivity index (χ4v) is 3.69. The van der Waals surface area contributed by atoms with Crippen molar-refractivity contribution in [3.8, 4) is 0 Å². The van der Waals surface area contributed by atoms with E-state index in [1.807, 2.05) is 6.92 Å². The minimum atomic E-state index is -3.10. The average molecular weight is 293 g/mol. The third kappa shape index (κ3) is 7.87. The summed E-state index contributed by atoms with van der Waals surface area (Å²) in [6.45, 7) is 10.9. The van der Waals surface area contributed by atoms with E-state index in [0.29, 0.717) is 26.1 Å². The molecule has 0 aliphatic rings. The van der Waals surface area contributed by atoms with Gasteiger partial charge in [-0.25, -0.2) is 12.7 Å². The van der Waals surface area contributed by atoms with Crippen molar-refractivity contribution in [2.24, 2.45) is 5.73 Å². The van der Waals surface area contributed by atoms with Gasteiger partial charge in [0.2, 0.25) is 10.0 Å². The van der Waals surface area contributed by atoms with Gasteiger partial charge in [-0.05, 0) is 45.4 Å². The molecule has 0 saturated carbocycles. The largest absolute Gasteiger partial charge is 0.330 e. The summed E-state index contributed by atoms with van der Waals surface area (Å²) in [7, 11) is -3.10. The Bertz CT molecular complexity index is 303. The molecule has 0 radical (unpaired) electrons. The highest BCUT2D eigenvalue weighted by Crippen LogP contribution is 2.06. The number of nitrogens with two attached hydrogens (primary N) is 1. The van der Waals surface area contributed by atoms with Gasteiger partial charge in [0, 0.05) is 13.1 Å². The standard InChI is InChI=1S/C13H31N3O2S/c1-4-15(5-2)11-9-12-16(6-3)19(17,18)13-8-7-10-14/h4-14H2,1-3H3. The van der Waals surface area contributed by atoms with E-state index in [4.69, 9.17) is 5.73 Å². The van der Waals surface area contributed by atoms with Crippen molar-refractivity contribution in [2.45, 2.75) is 40.0 Å². The molecule has 0 aliphatic heterocycles. The molecule has 0 saturated heterocycles. The summed E-state index contributed by atoms with van der Waals surface area (Å²) in [5.41, 5.74) is 5.40. The number of sulfonamides is 1. The molecule has 0 aromatic heterocycles. The summed E-state index contributed by atoms with van der Waals surface area (Å²) < 4.78 is 25.8. The monoisotopic (exact) mass is 293 g/mol. The highest BCUT2D eigenvalue weighted by molar-refractivity contribution is 7.89.